The van der Waals surface area contributed by atoms with Crippen LogP contribution in [0.1, 0.15) is 62.6 Å². The number of nitrogens with zero attached hydrogens (tertiary/aromatic N) is 3. The van der Waals surface area contributed by atoms with Crippen LogP contribution in [-0.2, 0) is 0 Å². The van der Waals surface area contributed by atoms with Gasteiger partial charge in [0.1, 0.15) is 5.65 Å². The fourth-order valence-corrected chi connectivity index (χ4v) is 4.84. The Morgan fingerprint density at radius 2 is 1.89 bits per heavy atom. The van der Waals surface area contributed by atoms with Crippen molar-refractivity contribution in [2.75, 3.05) is 0 Å². The van der Waals surface area contributed by atoms with Gasteiger partial charge in [-0.1, -0.05) is 25.3 Å². The molecule has 4 nitrogen and oxygen atoms in total. The fourth-order valence-electron chi connectivity index (χ4n) is 4.84. The van der Waals surface area contributed by atoms with Crippen molar-refractivity contribution in [1.29, 1.82) is 0 Å². The summed E-state index contributed by atoms with van der Waals surface area (Å²) >= 11 is 0. The minimum atomic E-state index is 0.554. The van der Waals surface area contributed by atoms with Crippen molar-refractivity contribution < 1.29 is 0 Å². The fraction of sp³-hybridized carbons (Fsp3) is 0.391. The maximum Gasteiger partial charge on any atom is 0.139 e. The zero-order valence-electron chi connectivity index (χ0n) is 15.5. The first kappa shape index (κ1) is 15.4. The van der Waals surface area contributed by atoms with Crippen LogP contribution in [0.5, 0.6) is 0 Å². The molecule has 0 radical (unpaired) electrons. The van der Waals surface area contributed by atoms with Crippen LogP contribution in [0.25, 0.3) is 33.3 Å². The Kier molecular flexibility index (Phi) is 3.40. The lowest BCUT2D eigenvalue weighted by Gasteiger charge is -2.26. The lowest BCUT2D eigenvalue weighted by Crippen LogP contribution is -2.14. The first-order valence-electron chi connectivity index (χ1n) is 10.3. The first-order chi connectivity index (χ1) is 13.4. The molecule has 4 aromatic rings. The van der Waals surface area contributed by atoms with E-state index in [2.05, 4.69) is 44.9 Å². The van der Waals surface area contributed by atoms with Gasteiger partial charge in [0.2, 0.25) is 0 Å². The highest BCUT2D eigenvalue weighted by Crippen LogP contribution is 2.42. The van der Waals surface area contributed by atoms with E-state index in [1.807, 2.05) is 12.4 Å². The molecule has 27 heavy (non-hydrogen) atoms. The average Bonchev–Trinajstić information content (AvgIpc) is 3.33. The topological polar surface area (TPSA) is 46.5 Å². The summed E-state index contributed by atoms with van der Waals surface area (Å²) in [6.07, 6.45) is 13.1. The van der Waals surface area contributed by atoms with Crippen molar-refractivity contribution in [2.45, 2.75) is 56.9 Å². The van der Waals surface area contributed by atoms with Gasteiger partial charge < -0.3 is 9.55 Å². The molecule has 4 heterocycles. The molecule has 136 valence electrons. The van der Waals surface area contributed by atoms with Crippen LogP contribution in [0, 0.1) is 0 Å². The van der Waals surface area contributed by atoms with Gasteiger partial charge in [0, 0.05) is 40.8 Å². The Morgan fingerprint density at radius 1 is 1.00 bits per heavy atom. The lowest BCUT2D eigenvalue weighted by atomic mass is 9.95. The molecule has 0 unspecified atom stereocenters. The Morgan fingerprint density at radius 3 is 2.74 bits per heavy atom. The molecule has 0 saturated heterocycles. The van der Waals surface area contributed by atoms with Gasteiger partial charge in [0.05, 0.1) is 16.9 Å². The van der Waals surface area contributed by atoms with E-state index in [1.54, 1.807) is 0 Å². The lowest BCUT2D eigenvalue weighted by molar-refractivity contribution is 0.363. The Balaban J connectivity index is 1.62. The average molecular weight is 356 g/mol. The molecule has 0 aromatic carbocycles. The van der Waals surface area contributed by atoms with Crippen molar-refractivity contribution in [2.24, 2.45) is 0 Å². The van der Waals surface area contributed by atoms with Crippen molar-refractivity contribution in [3.63, 3.8) is 0 Å². The van der Waals surface area contributed by atoms with Gasteiger partial charge in [-0.05, 0) is 49.9 Å². The van der Waals surface area contributed by atoms with Gasteiger partial charge in [0.25, 0.3) is 0 Å². The van der Waals surface area contributed by atoms with E-state index < -0.39 is 0 Å². The number of pyridine rings is 2. The van der Waals surface area contributed by atoms with Crippen molar-refractivity contribution in [3.05, 3.63) is 48.4 Å². The predicted octanol–water partition coefficient (Wildman–Crippen LogP) is 5.96. The van der Waals surface area contributed by atoms with E-state index in [0.29, 0.717) is 12.0 Å². The van der Waals surface area contributed by atoms with Gasteiger partial charge in [0.15, 0.2) is 0 Å². The van der Waals surface area contributed by atoms with Gasteiger partial charge in [-0.2, -0.15) is 0 Å². The van der Waals surface area contributed by atoms with Crippen LogP contribution >= 0.6 is 0 Å². The van der Waals surface area contributed by atoms with Gasteiger partial charge in [-0.3, -0.25) is 4.98 Å². The number of aromatic amines is 1. The highest BCUT2D eigenvalue weighted by atomic mass is 15.0. The molecule has 2 aliphatic rings. The van der Waals surface area contributed by atoms with Crippen LogP contribution in [0.2, 0.25) is 0 Å². The van der Waals surface area contributed by atoms with Crippen molar-refractivity contribution >= 4 is 21.9 Å². The summed E-state index contributed by atoms with van der Waals surface area (Å²) in [6, 6.07) is 11.6. The predicted molar refractivity (Wildman–Crippen MR) is 109 cm³/mol. The molecule has 0 amide bonds. The van der Waals surface area contributed by atoms with Crippen LogP contribution in [-0.4, -0.2) is 19.5 Å². The molecular weight excluding hydrogens is 332 g/mol. The van der Waals surface area contributed by atoms with Crippen LogP contribution < -0.4 is 0 Å². The van der Waals surface area contributed by atoms with Gasteiger partial charge >= 0.3 is 0 Å². The monoisotopic (exact) mass is 356 g/mol. The second-order valence-corrected chi connectivity index (χ2v) is 8.22. The smallest absolute Gasteiger partial charge is 0.139 e. The SMILES string of the molecule is c1cc(-c2cc3cnc4[nH]ccc4c3n2C2CCCCC2)nc(C2CC2)c1. The largest absolute Gasteiger partial charge is 0.346 e. The van der Waals surface area contributed by atoms with Crippen molar-refractivity contribution in [1.82, 2.24) is 19.5 Å². The summed E-state index contributed by atoms with van der Waals surface area (Å²) in [5.74, 6) is 0.676. The standard InChI is InChI=1S/C23H24N4/c1-2-5-17(6-3-1)27-21(20-8-4-7-19(26-20)15-9-10-15)13-16-14-25-23-18(22(16)27)11-12-24-23/h4,7-8,11-15,17H,1-3,5-6,9-10H2,(H,24,25). The Labute approximate surface area is 158 Å². The minimum absolute atomic E-state index is 0.554. The van der Waals surface area contributed by atoms with E-state index in [9.17, 15) is 0 Å². The number of H-pyrrole nitrogens is 1. The zero-order valence-corrected chi connectivity index (χ0v) is 15.5. The Hall–Kier alpha value is -2.62. The number of hydrogen-bond donors (Lipinski definition) is 1. The molecule has 0 spiro atoms. The third-order valence-corrected chi connectivity index (χ3v) is 6.35. The van der Waals surface area contributed by atoms with E-state index >= 15 is 0 Å². The molecule has 2 fully saturated rings. The summed E-state index contributed by atoms with van der Waals surface area (Å²) in [7, 11) is 0. The molecule has 0 atom stereocenters. The van der Waals surface area contributed by atoms with Crippen molar-refractivity contribution in [3.8, 4) is 11.4 Å². The quantitative estimate of drug-likeness (QED) is 0.492. The summed E-state index contributed by atoms with van der Waals surface area (Å²) in [5, 5.41) is 2.45. The van der Waals surface area contributed by atoms with E-state index in [-0.39, 0.29) is 0 Å². The Bertz CT molecular complexity index is 1130. The number of nitrogens with one attached hydrogen (secondary N) is 1. The summed E-state index contributed by atoms with van der Waals surface area (Å²) in [5.41, 5.74) is 5.93. The third kappa shape index (κ3) is 2.50. The molecule has 4 heteroatoms. The number of aromatic nitrogens is 4. The minimum Gasteiger partial charge on any atom is -0.346 e. The molecular formula is C23H24N4. The molecule has 1 N–H and O–H groups in total. The molecule has 6 rings (SSSR count). The van der Waals surface area contributed by atoms with Gasteiger partial charge in [-0.15, -0.1) is 0 Å². The van der Waals surface area contributed by atoms with Crippen LogP contribution in [0.4, 0.5) is 0 Å². The summed E-state index contributed by atoms with van der Waals surface area (Å²) in [4.78, 5) is 13.0. The summed E-state index contributed by atoms with van der Waals surface area (Å²) < 4.78 is 2.59. The van der Waals surface area contributed by atoms with E-state index in [0.717, 1.165) is 11.3 Å². The number of hydrogen-bond acceptors (Lipinski definition) is 2. The van der Waals surface area contributed by atoms with Gasteiger partial charge in [-0.25, -0.2) is 4.98 Å². The van der Waals surface area contributed by atoms with E-state index in [4.69, 9.17) is 4.98 Å². The highest BCUT2D eigenvalue weighted by Gasteiger charge is 2.27. The number of fused-ring (bicyclic) bond motifs is 3. The van der Waals surface area contributed by atoms with E-state index in [1.165, 1.54) is 72.6 Å². The van der Waals surface area contributed by atoms with Crippen LogP contribution in [0.3, 0.4) is 0 Å². The molecule has 0 bridgehead atoms. The maximum atomic E-state index is 5.07. The second kappa shape index (κ2) is 5.95. The normalized spacial score (nSPS) is 18.5. The molecule has 2 aliphatic carbocycles. The molecule has 4 aromatic heterocycles. The summed E-state index contributed by atoms with van der Waals surface area (Å²) in [6.45, 7) is 0. The first-order valence-corrected chi connectivity index (χ1v) is 10.3. The highest BCUT2D eigenvalue weighted by molar-refractivity contribution is 6.04. The molecule has 0 aliphatic heterocycles. The maximum absolute atomic E-state index is 5.07. The van der Waals surface area contributed by atoms with Crippen LogP contribution in [0.15, 0.2) is 42.7 Å². The third-order valence-electron chi connectivity index (χ3n) is 6.35. The second-order valence-electron chi connectivity index (χ2n) is 8.22. The zero-order chi connectivity index (χ0) is 17.8. The molecule has 2 saturated carbocycles. The number of rotatable bonds is 3.